The molecule has 130 valence electrons. The Morgan fingerprint density at radius 3 is 2.30 bits per heavy atom. The molecule has 0 fully saturated rings. The number of halogens is 1. The molecule has 1 aromatic heterocycles. The summed E-state index contributed by atoms with van der Waals surface area (Å²) in [6.45, 7) is -1.27. The minimum Gasteiger partial charge on any atom is -0.394 e. The summed E-state index contributed by atoms with van der Waals surface area (Å²) in [6.07, 6.45) is -0.585. The first-order valence-electron chi connectivity index (χ1n) is 6.73. The molecule has 0 unspecified atom stereocenters. The van der Waals surface area contributed by atoms with Crippen LogP contribution >= 0.6 is 22.6 Å². The third kappa shape index (κ3) is 6.78. The first kappa shape index (κ1) is 19.8. The van der Waals surface area contributed by atoms with Gasteiger partial charge in [0.25, 0.3) is 5.91 Å². The maximum atomic E-state index is 11.9. The van der Waals surface area contributed by atoms with Gasteiger partial charge >= 0.3 is 0 Å². The van der Waals surface area contributed by atoms with Gasteiger partial charge in [0.2, 0.25) is 5.91 Å². The SMILES string of the molecule is O=C(Cn1cc(I)c(C(=O)NC[C@H](O)CO)n1)NC[C@H](O)CO. The Morgan fingerprint density at radius 2 is 1.74 bits per heavy atom. The van der Waals surface area contributed by atoms with Gasteiger partial charge in [0.15, 0.2) is 5.69 Å². The van der Waals surface area contributed by atoms with Gasteiger partial charge in [0, 0.05) is 19.3 Å². The number of aromatic nitrogens is 2. The normalized spacial score (nSPS) is 13.4. The van der Waals surface area contributed by atoms with E-state index < -0.39 is 37.2 Å². The van der Waals surface area contributed by atoms with E-state index >= 15 is 0 Å². The quantitative estimate of drug-likeness (QED) is 0.223. The van der Waals surface area contributed by atoms with Crippen LogP contribution in [0.4, 0.5) is 0 Å². The summed E-state index contributed by atoms with van der Waals surface area (Å²) in [4.78, 5) is 23.5. The zero-order valence-corrected chi connectivity index (χ0v) is 14.3. The van der Waals surface area contributed by atoms with Crippen molar-refractivity contribution in [3.05, 3.63) is 15.5 Å². The van der Waals surface area contributed by atoms with Gasteiger partial charge in [-0.2, -0.15) is 5.10 Å². The highest BCUT2D eigenvalue weighted by atomic mass is 127. The number of nitrogens with zero attached hydrogens (tertiary/aromatic N) is 2. The number of aliphatic hydroxyl groups excluding tert-OH is 4. The molecular weight excluding hydrogens is 423 g/mol. The van der Waals surface area contributed by atoms with Crippen LogP contribution in [0.1, 0.15) is 10.5 Å². The predicted octanol–water partition coefficient (Wildman–Crippen LogP) is -2.96. The van der Waals surface area contributed by atoms with Crippen molar-refractivity contribution in [2.75, 3.05) is 26.3 Å². The van der Waals surface area contributed by atoms with Gasteiger partial charge in [0.1, 0.15) is 6.54 Å². The molecule has 11 heteroatoms. The molecule has 0 aliphatic carbocycles. The third-order valence-electron chi connectivity index (χ3n) is 2.69. The first-order chi connectivity index (χ1) is 10.9. The van der Waals surface area contributed by atoms with Crippen molar-refractivity contribution in [3.8, 4) is 0 Å². The first-order valence-corrected chi connectivity index (χ1v) is 7.81. The molecule has 0 aromatic carbocycles. The minimum atomic E-state index is -1.05. The summed E-state index contributed by atoms with van der Waals surface area (Å²) >= 11 is 1.89. The van der Waals surface area contributed by atoms with Crippen LogP contribution in [0, 0.1) is 3.57 Å². The van der Waals surface area contributed by atoms with Crippen LogP contribution in [-0.2, 0) is 11.3 Å². The van der Waals surface area contributed by atoms with E-state index in [-0.39, 0.29) is 25.3 Å². The molecule has 0 bridgehead atoms. The Kier molecular flexibility index (Phi) is 8.40. The molecule has 1 rings (SSSR count). The highest BCUT2D eigenvalue weighted by molar-refractivity contribution is 14.1. The molecule has 10 nitrogen and oxygen atoms in total. The number of rotatable bonds is 9. The van der Waals surface area contributed by atoms with E-state index in [1.165, 1.54) is 10.9 Å². The second kappa shape index (κ2) is 9.77. The van der Waals surface area contributed by atoms with E-state index in [4.69, 9.17) is 15.3 Å². The molecule has 2 amide bonds. The average Bonchev–Trinajstić information content (AvgIpc) is 2.90. The molecule has 0 aliphatic heterocycles. The standard InChI is InChI=1S/C12H19IN4O6/c13-9-3-17(4-10(22)14-1-7(20)5-18)16-11(9)12(23)15-2-8(21)6-19/h3,7-8,18-21H,1-2,4-6H2,(H,14,22)(H,15,23)/t7-,8-/m0/s1. The van der Waals surface area contributed by atoms with Crippen LogP contribution in [0.3, 0.4) is 0 Å². The number of carbonyl (C=O) groups is 2. The highest BCUT2D eigenvalue weighted by Crippen LogP contribution is 2.10. The molecule has 0 aliphatic rings. The van der Waals surface area contributed by atoms with E-state index in [1.54, 1.807) is 0 Å². The van der Waals surface area contributed by atoms with Crippen molar-refractivity contribution in [2.45, 2.75) is 18.8 Å². The second-order valence-corrected chi connectivity index (χ2v) is 5.87. The number of aliphatic hydroxyl groups is 4. The maximum Gasteiger partial charge on any atom is 0.272 e. The van der Waals surface area contributed by atoms with E-state index in [9.17, 15) is 14.7 Å². The summed E-state index contributed by atoms with van der Waals surface area (Å²) in [6, 6.07) is 0. The lowest BCUT2D eigenvalue weighted by atomic mass is 10.3. The van der Waals surface area contributed by atoms with Crippen LogP contribution in [-0.4, -0.2) is 80.5 Å². The van der Waals surface area contributed by atoms with Gasteiger partial charge in [-0.15, -0.1) is 0 Å². The molecule has 0 saturated heterocycles. The monoisotopic (exact) mass is 442 g/mol. The van der Waals surface area contributed by atoms with Crippen LogP contribution in [0.5, 0.6) is 0 Å². The fourth-order valence-corrected chi connectivity index (χ4v) is 2.16. The molecule has 0 spiro atoms. The third-order valence-corrected chi connectivity index (χ3v) is 3.48. The minimum absolute atomic E-state index is 0.0832. The van der Waals surface area contributed by atoms with Crippen LogP contribution in [0.2, 0.25) is 0 Å². The van der Waals surface area contributed by atoms with Crippen molar-refractivity contribution < 1.29 is 30.0 Å². The van der Waals surface area contributed by atoms with Gasteiger partial charge < -0.3 is 31.1 Å². The molecule has 2 atom stereocenters. The van der Waals surface area contributed by atoms with E-state index in [0.717, 1.165) is 0 Å². The fraction of sp³-hybridized carbons (Fsp3) is 0.583. The van der Waals surface area contributed by atoms with Crippen LogP contribution < -0.4 is 10.6 Å². The summed E-state index contributed by atoms with van der Waals surface area (Å²) in [5, 5.41) is 44.5. The van der Waals surface area contributed by atoms with Crippen molar-refractivity contribution >= 4 is 34.4 Å². The van der Waals surface area contributed by atoms with E-state index in [2.05, 4.69) is 15.7 Å². The lowest BCUT2D eigenvalue weighted by Gasteiger charge is -2.09. The van der Waals surface area contributed by atoms with Gasteiger partial charge in [-0.25, -0.2) is 0 Å². The Bertz CT molecular complexity index is 538. The van der Waals surface area contributed by atoms with E-state index in [1.807, 2.05) is 22.6 Å². The summed E-state index contributed by atoms with van der Waals surface area (Å²) in [7, 11) is 0. The maximum absolute atomic E-state index is 11.9. The van der Waals surface area contributed by atoms with Gasteiger partial charge in [0.05, 0.1) is 29.0 Å². The summed E-state index contributed by atoms with van der Waals surface area (Å²) < 4.78 is 1.78. The van der Waals surface area contributed by atoms with Crippen LogP contribution in [0.25, 0.3) is 0 Å². The summed E-state index contributed by atoms with van der Waals surface area (Å²) in [5.41, 5.74) is 0.0962. The van der Waals surface area contributed by atoms with E-state index in [0.29, 0.717) is 3.57 Å². The molecule has 1 aromatic rings. The fourth-order valence-electron chi connectivity index (χ4n) is 1.49. The zero-order valence-electron chi connectivity index (χ0n) is 12.1. The van der Waals surface area contributed by atoms with Crippen molar-refractivity contribution in [2.24, 2.45) is 0 Å². The van der Waals surface area contributed by atoms with Gasteiger partial charge in [-0.3, -0.25) is 14.3 Å². The smallest absolute Gasteiger partial charge is 0.272 e. The van der Waals surface area contributed by atoms with Crippen molar-refractivity contribution in [1.29, 1.82) is 0 Å². The van der Waals surface area contributed by atoms with Crippen molar-refractivity contribution in [3.63, 3.8) is 0 Å². The van der Waals surface area contributed by atoms with Crippen molar-refractivity contribution in [1.82, 2.24) is 20.4 Å². The molecule has 1 heterocycles. The molecule has 23 heavy (non-hydrogen) atoms. The molecule has 0 radical (unpaired) electrons. The average molecular weight is 442 g/mol. The predicted molar refractivity (Wildman–Crippen MR) is 86.5 cm³/mol. The van der Waals surface area contributed by atoms with Crippen LogP contribution in [0.15, 0.2) is 6.20 Å². The summed E-state index contributed by atoms with van der Waals surface area (Å²) in [5.74, 6) is -0.962. The Hall–Kier alpha value is -1.28. The number of amides is 2. The zero-order chi connectivity index (χ0) is 17.4. The number of hydrogen-bond acceptors (Lipinski definition) is 7. The second-order valence-electron chi connectivity index (χ2n) is 4.71. The van der Waals surface area contributed by atoms with Gasteiger partial charge in [-0.05, 0) is 22.6 Å². The Labute approximate surface area is 145 Å². The molecule has 6 N–H and O–H groups in total. The topological polar surface area (TPSA) is 157 Å². The molecular formula is C12H19IN4O6. The number of hydrogen-bond donors (Lipinski definition) is 6. The highest BCUT2D eigenvalue weighted by Gasteiger charge is 2.17. The lowest BCUT2D eigenvalue weighted by Crippen LogP contribution is -2.36. The van der Waals surface area contributed by atoms with Gasteiger partial charge in [-0.1, -0.05) is 0 Å². The largest absolute Gasteiger partial charge is 0.394 e. The number of carbonyl (C=O) groups excluding carboxylic acids is 2. The lowest BCUT2D eigenvalue weighted by molar-refractivity contribution is -0.122. The Balaban J connectivity index is 2.57. The molecule has 0 saturated carbocycles. The number of nitrogens with one attached hydrogen (secondary N) is 2. The Morgan fingerprint density at radius 1 is 1.17 bits per heavy atom.